The van der Waals surface area contributed by atoms with Crippen LogP contribution in [-0.2, 0) is 0 Å². The zero-order valence-electron chi connectivity index (χ0n) is 16.3. The SMILES string of the molecule is O=C(c1ccc(NCC2CC2)nc1)N1CCC(c2c[nH]c3cc(F)ccc23)CC1. The summed E-state index contributed by atoms with van der Waals surface area (Å²) >= 11 is 0. The number of H-pyrrole nitrogens is 1. The number of benzene rings is 1. The number of likely N-dealkylation sites (tertiary alicyclic amines) is 1. The molecule has 1 saturated carbocycles. The van der Waals surface area contributed by atoms with E-state index in [-0.39, 0.29) is 11.7 Å². The van der Waals surface area contributed by atoms with Crippen LogP contribution in [0.4, 0.5) is 10.2 Å². The number of hydrogen-bond acceptors (Lipinski definition) is 3. The molecule has 3 heterocycles. The second-order valence-electron chi connectivity index (χ2n) is 8.26. The maximum atomic E-state index is 13.4. The van der Waals surface area contributed by atoms with Gasteiger partial charge in [-0.2, -0.15) is 0 Å². The quantitative estimate of drug-likeness (QED) is 0.670. The minimum absolute atomic E-state index is 0.0469. The summed E-state index contributed by atoms with van der Waals surface area (Å²) < 4.78 is 13.4. The molecule has 1 aliphatic carbocycles. The van der Waals surface area contributed by atoms with Crippen molar-refractivity contribution < 1.29 is 9.18 Å². The van der Waals surface area contributed by atoms with Gasteiger partial charge in [0, 0.05) is 42.9 Å². The summed E-state index contributed by atoms with van der Waals surface area (Å²) in [4.78, 5) is 22.3. The minimum atomic E-state index is -0.228. The second-order valence-corrected chi connectivity index (χ2v) is 8.26. The molecule has 1 aliphatic heterocycles. The molecule has 2 fully saturated rings. The van der Waals surface area contributed by atoms with Crippen molar-refractivity contribution in [3.05, 3.63) is 59.7 Å². The van der Waals surface area contributed by atoms with E-state index in [1.54, 1.807) is 6.20 Å². The molecule has 5 nitrogen and oxygen atoms in total. The van der Waals surface area contributed by atoms with Gasteiger partial charge in [-0.15, -0.1) is 0 Å². The number of hydrogen-bond donors (Lipinski definition) is 2. The third-order valence-electron chi connectivity index (χ3n) is 6.18. The van der Waals surface area contributed by atoms with Gasteiger partial charge >= 0.3 is 0 Å². The highest BCUT2D eigenvalue weighted by atomic mass is 19.1. The topological polar surface area (TPSA) is 61.0 Å². The Balaban J connectivity index is 1.21. The molecule has 3 aromatic rings. The normalized spacial score (nSPS) is 17.6. The highest BCUT2D eigenvalue weighted by Crippen LogP contribution is 2.34. The first-order valence-corrected chi connectivity index (χ1v) is 10.4. The molecule has 0 unspecified atom stereocenters. The van der Waals surface area contributed by atoms with E-state index in [1.807, 2.05) is 29.3 Å². The van der Waals surface area contributed by atoms with Crippen molar-refractivity contribution in [2.45, 2.75) is 31.6 Å². The molecule has 2 N–H and O–H groups in total. The van der Waals surface area contributed by atoms with E-state index in [2.05, 4.69) is 15.3 Å². The molecule has 2 aliphatic rings. The van der Waals surface area contributed by atoms with Crippen LogP contribution in [0.3, 0.4) is 0 Å². The Morgan fingerprint density at radius 3 is 2.72 bits per heavy atom. The number of fused-ring (bicyclic) bond motifs is 1. The Morgan fingerprint density at radius 2 is 2.00 bits per heavy atom. The molecule has 0 radical (unpaired) electrons. The fourth-order valence-corrected chi connectivity index (χ4v) is 4.23. The van der Waals surface area contributed by atoms with Crippen LogP contribution in [0.1, 0.15) is 47.5 Å². The van der Waals surface area contributed by atoms with E-state index in [9.17, 15) is 9.18 Å². The number of rotatable bonds is 5. The number of nitrogens with one attached hydrogen (secondary N) is 2. The lowest BCUT2D eigenvalue weighted by Crippen LogP contribution is -2.37. The molecule has 5 rings (SSSR count). The van der Waals surface area contributed by atoms with Crippen LogP contribution in [0.5, 0.6) is 0 Å². The molecule has 29 heavy (non-hydrogen) atoms. The van der Waals surface area contributed by atoms with Crippen LogP contribution < -0.4 is 5.32 Å². The van der Waals surface area contributed by atoms with Gasteiger partial charge in [0.15, 0.2) is 0 Å². The van der Waals surface area contributed by atoms with Crippen molar-refractivity contribution >= 4 is 22.6 Å². The van der Waals surface area contributed by atoms with Crippen molar-refractivity contribution in [1.29, 1.82) is 0 Å². The molecule has 0 bridgehead atoms. The van der Waals surface area contributed by atoms with E-state index in [0.29, 0.717) is 11.5 Å². The fraction of sp³-hybridized carbons (Fsp3) is 0.391. The molecular weight excluding hydrogens is 367 g/mol. The number of piperidine rings is 1. The van der Waals surface area contributed by atoms with Crippen molar-refractivity contribution in [3.63, 3.8) is 0 Å². The summed E-state index contributed by atoms with van der Waals surface area (Å²) in [7, 11) is 0. The predicted molar refractivity (Wildman–Crippen MR) is 112 cm³/mol. The number of carbonyl (C=O) groups is 1. The van der Waals surface area contributed by atoms with Gasteiger partial charge in [-0.3, -0.25) is 4.79 Å². The van der Waals surface area contributed by atoms with Crippen LogP contribution >= 0.6 is 0 Å². The van der Waals surface area contributed by atoms with E-state index < -0.39 is 0 Å². The van der Waals surface area contributed by atoms with E-state index in [4.69, 9.17) is 0 Å². The monoisotopic (exact) mass is 392 g/mol. The second kappa shape index (κ2) is 7.50. The van der Waals surface area contributed by atoms with Gasteiger partial charge < -0.3 is 15.2 Å². The number of amides is 1. The maximum Gasteiger partial charge on any atom is 0.255 e. The number of aromatic nitrogens is 2. The van der Waals surface area contributed by atoms with E-state index in [1.165, 1.54) is 30.5 Å². The first-order valence-electron chi connectivity index (χ1n) is 10.4. The van der Waals surface area contributed by atoms with Gasteiger partial charge in [-0.05, 0) is 73.4 Å². The Morgan fingerprint density at radius 1 is 1.17 bits per heavy atom. The van der Waals surface area contributed by atoms with Gasteiger partial charge in [-0.1, -0.05) is 0 Å². The summed E-state index contributed by atoms with van der Waals surface area (Å²) in [5.41, 5.74) is 2.70. The number of nitrogens with zero attached hydrogens (tertiary/aromatic N) is 2. The first-order chi connectivity index (χ1) is 14.2. The number of aromatic amines is 1. The fourth-order valence-electron chi connectivity index (χ4n) is 4.23. The molecule has 1 aromatic carbocycles. The van der Waals surface area contributed by atoms with E-state index >= 15 is 0 Å². The minimum Gasteiger partial charge on any atom is -0.370 e. The summed E-state index contributed by atoms with van der Waals surface area (Å²) in [5.74, 6) is 1.82. The van der Waals surface area contributed by atoms with Crippen LogP contribution in [-0.4, -0.2) is 40.4 Å². The Labute approximate surface area is 169 Å². The predicted octanol–water partition coefficient (Wildman–Crippen LogP) is 4.54. The number of carbonyl (C=O) groups excluding carboxylic acids is 1. The highest BCUT2D eigenvalue weighted by Gasteiger charge is 2.26. The Hall–Kier alpha value is -2.89. The highest BCUT2D eigenvalue weighted by molar-refractivity contribution is 5.94. The van der Waals surface area contributed by atoms with Crippen molar-refractivity contribution in [2.24, 2.45) is 5.92 Å². The summed E-state index contributed by atoms with van der Waals surface area (Å²) in [5, 5.41) is 4.41. The molecule has 0 atom stereocenters. The summed E-state index contributed by atoms with van der Waals surface area (Å²) in [6.07, 6.45) is 8.08. The molecule has 1 saturated heterocycles. The number of pyridine rings is 1. The number of anilines is 1. The largest absolute Gasteiger partial charge is 0.370 e. The van der Waals surface area contributed by atoms with Crippen molar-refractivity contribution in [2.75, 3.05) is 25.0 Å². The molecule has 2 aromatic heterocycles. The van der Waals surface area contributed by atoms with Crippen molar-refractivity contribution in [1.82, 2.24) is 14.9 Å². The first kappa shape index (κ1) is 18.2. The summed E-state index contributed by atoms with van der Waals surface area (Å²) in [6, 6.07) is 8.65. The lowest BCUT2D eigenvalue weighted by Gasteiger charge is -2.32. The van der Waals surface area contributed by atoms with E-state index in [0.717, 1.165) is 55.1 Å². The molecule has 1 amide bonds. The molecule has 6 heteroatoms. The Kier molecular flexibility index (Phi) is 4.70. The maximum absolute atomic E-state index is 13.4. The smallest absolute Gasteiger partial charge is 0.255 e. The molecule has 0 spiro atoms. The lowest BCUT2D eigenvalue weighted by molar-refractivity contribution is 0.0713. The van der Waals surface area contributed by atoms with Crippen LogP contribution in [0.15, 0.2) is 42.7 Å². The zero-order valence-corrected chi connectivity index (χ0v) is 16.3. The third kappa shape index (κ3) is 3.84. The van der Waals surface area contributed by atoms with Gasteiger partial charge in [0.2, 0.25) is 0 Å². The van der Waals surface area contributed by atoms with Gasteiger partial charge in [-0.25, -0.2) is 9.37 Å². The number of halogens is 1. The van der Waals surface area contributed by atoms with Gasteiger partial charge in [0.05, 0.1) is 5.56 Å². The molecular formula is C23H25FN4O. The average molecular weight is 392 g/mol. The third-order valence-corrected chi connectivity index (χ3v) is 6.18. The van der Waals surface area contributed by atoms with Gasteiger partial charge in [0.25, 0.3) is 5.91 Å². The zero-order chi connectivity index (χ0) is 19.8. The Bertz CT molecular complexity index is 1020. The van der Waals surface area contributed by atoms with Crippen LogP contribution in [0.25, 0.3) is 10.9 Å². The van der Waals surface area contributed by atoms with Gasteiger partial charge in [0.1, 0.15) is 11.6 Å². The van der Waals surface area contributed by atoms with Crippen LogP contribution in [0, 0.1) is 11.7 Å². The standard InChI is InChI=1S/C23H25FN4O/c24-18-4-5-19-20(14-25-21(19)11-18)16-7-9-28(10-8-16)23(29)17-3-6-22(27-13-17)26-12-15-1-2-15/h3-6,11,13-16,25H,1-2,7-10,12H2,(H,26,27). The average Bonchev–Trinajstić information content (AvgIpc) is 3.50. The van der Waals surface area contributed by atoms with Crippen molar-refractivity contribution in [3.8, 4) is 0 Å². The van der Waals surface area contributed by atoms with Crippen LogP contribution in [0.2, 0.25) is 0 Å². The molecule has 150 valence electrons. The lowest BCUT2D eigenvalue weighted by atomic mass is 9.89. The summed E-state index contributed by atoms with van der Waals surface area (Å²) in [6.45, 7) is 2.41.